The van der Waals surface area contributed by atoms with Gasteiger partial charge in [0.05, 0.1) is 13.2 Å². The molecule has 78 valence electrons. The first-order valence-corrected chi connectivity index (χ1v) is 5.31. The van der Waals surface area contributed by atoms with Gasteiger partial charge in [0.25, 0.3) is 0 Å². The number of benzene rings is 1. The van der Waals surface area contributed by atoms with Crippen molar-refractivity contribution in [1.29, 1.82) is 0 Å². The van der Waals surface area contributed by atoms with Gasteiger partial charge in [-0.25, -0.2) is 4.72 Å². The van der Waals surface area contributed by atoms with Crippen molar-refractivity contribution in [3.8, 4) is 0 Å². The topological polar surface area (TPSA) is 61.4 Å². The van der Waals surface area contributed by atoms with E-state index in [9.17, 15) is 8.76 Å². The molecule has 0 fully saturated rings. The van der Waals surface area contributed by atoms with Gasteiger partial charge >= 0.3 is 0 Å². The third kappa shape index (κ3) is 5.08. The van der Waals surface area contributed by atoms with Gasteiger partial charge in [-0.05, 0) is 5.56 Å². The summed E-state index contributed by atoms with van der Waals surface area (Å²) in [5, 5.41) is 0. The van der Waals surface area contributed by atoms with Gasteiger partial charge in [-0.3, -0.25) is 4.21 Å². The van der Waals surface area contributed by atoms with Gasteiger partial charge in [0, 0.05) is 17.8 Å². The van der Waals surface area contributed by atoms with Crippen LogP contribution in [0, 0.1) is 0 Å². The highest BCUT2D eigenvalue weighted by Crippen LogP contribution is 1.99. The predicted octanol–water partition coefficient (Wildman–Crippen LogP) is 0.587. The van der Waals surface area contributed by atoms with Gasteiger partial charge in [0.2, 0.25) is 0 Å². The van der Waals surface area contributed by atoms with E-state index in [1.54, 1.807) is 0 Å². The first kappa shape index (κ1) is 11.3. The maximum atomic E-state index is 10.1. The lowest BCUT2D eigenvalue weighted by atomic mass is 10.2. The summed E-state index contributed by atoms with van der Waals surface area (Å²) in [6, 6.07) is 9.72. The lowest BCUT2D eigenvalue weighted by Gasteiger charge is -2.07. The second-order valence-electron chi connectivity index (χ2n) is 2.67. The summed E-state index contributed by atoms with van der Waals surface area (Å²) in [6.07, 6.45) is 0. The molecule has 0 aliphatic carbocycles. The van der Waals surface area contributed by atoms with Crippen molar-refractivity contribution in [2.75, 3.05) is 13.2 Å². The van der Waals surface area contributed by atoms with E-state index in [1.165, 1.54) is 0 Å². The fraction of sp³-hybridized carbons (Fsp3) is 0.333. The highest BCUT2D eigenvalue weighted by atomic mass is 32.2. The molecule has 4 nitrogen and oxygen atoms in total. The van der Waals surface area contributed by atoms with E-state index >= 15 is 0 Å². The Hall–Kier alpha value is -0.750. The molecule has 0 saturated heterocycles. The maximum absolute atomic E-state index is 10.1. The van der Waals surface area contributed by atoms with Crippen LogP contribution in [0.15, 0.2) is 30.3 Å². The van der Waals surface area contributed by atoms with Crippen LogP contribution < -0.4 is 4.72 Å². The summed E-state index contributed by atoms with van der Waals surface area (Å²) >= 11 is -2.19. The first-order valence-electron chi connectivity index (χ1n) is 4.23. The van der Waals surface area contributed by atoms with E-state index in [0.717, 1.165) is 5.56 Å². The zero-order valence-corrected chi connectivity index (χ0v) is 8.46. The average molecular weight is 214 g/mol. The molecular weight excluding hydrogens is 202 g/mol. The monoisotopic (exact) mass is 214 g/mol. The van der Waals surface area contributed by atoms with Crippen LogP contribution in [-0.4, -0.2) is 21.9 Å². The summed E-state index contributed by atoms with van der Waals surface area (Å²) in [4.78, 5) is 0. The minimum atomic E-state index is -2.19. The van der Waals surface area contributed by atoms with Gasteiger partial charge in [-0.2, -0.15) is 0 Å². The zero-order chi connectivity index (χ0) is 10.2. The van der Waals surface area contributed by atoms with Crippen LogP contribution in [0.5, 0.6) is 0 Å². The number of hydrogen-bond donors (Lipinski definition) is 1. The van der Waals surface area contributed by atoms with E-state index in [2.05, 4.69) is 4.72 Å². The summed E-state index contributed by atoms with van der Waals surface area (Å²) in [6.45, 7) is 1.19. The minimum Gasteiger partial charge on any atom is -0.760 e. The zero-order valence-electron chi connectivity index (χ0n) is 7.64. The SMILES string of the molecule is O=S([O-])NCCOCc1ccccc1. The normalized spacial score (nSPS) is 12.6. The van der Waals surface area contributed by atoms with Crippen molar-refractivity contribution < 1.29 is 13.5 Å². The Balaban J connectivity index is 2.08. The van der Waals surface area contributed by atoms with Crippen LogP contribution in [0.1, 0.15) is 5.56 Å². The van der Waals surface area contributed by atoms with E-state index in [0.29, 0.717) is 19.8 Å². The van der Waals surface area contributed by atoms with E-state index in [1.807, 2.05) is 30.3 Å². The second-order valence-corrected chi connectivity index (χ2v) is 3.43. The predicted molar refractivity (Wildman–Crippen MR) is 53.0 cm³/mol. The molecule has 1 atom stereocenters. The average Bonchev–Trinajstić information content (AvgIpc) is 2.18. The molecule has 0 heterocycles. The molecule has 1 rings (SSSR count). The third-order valence-corrected chi connectivity index (χ3v) is 2.02. The van der Waals surface area contributed by atoms with Gasteiger partial charge in [0.1, 0.15) is 0 Å². The summed E-state index contributed by atoms with van der Waals surface area (Å²) in [7, 11) is 0. The van der Waals surface area contributed by atoms with Gasteiger partial charge in [-0.15, -0.1) is 0 Å². The molecule has 0 amide bonds. The molecule has 0 radical (unpaired) electrons. The maximum Gasteiger partial charge on any atom is 0.0717 e. The number of nitrogens with one attached hydrogen (secondary N) is 1. The molecule has 5 heteroatoms. The molecule has 1 aromatic carbocycles. The van der Waals surface area contributed by atoms with Crippen molar-refractivity contribution in [3.63, 3.8) is 0 Å². The number of rotatable bonds is 6. The first-order chi connectivity index (χ1) is 6.79. The van der Waals surface area contributed by atoms with Crippen LogP contribution in [0.3, 0.4) is 0 Å². The highest BCUT2D eigenvalue weighted by molar-refractivity contribution is 7.77. The smallest absolute Gasteiger partial charge is 0.0717 e. The molecular formula is C9H12NO3S-. The molecule has 14 heavy (non-hydrogen) atoms. The van der Waals surface area contributed by atoms with Gasteiger partial charge in [0.15, 0.2) is 0 Å². The molecule has 0 aliphatic heterocycles. The Morgan fingerprint density at radius 3 is 2.71 bits per heavy atom. The molecule has 0 bridgehead atoms. The molecule has 1 N–H and O–H groups in total. The van der Waals surface area contributed by atoms with Crippen molar-refractivity contribution in [3.05, 3.63) is 35.9 Å². The Kier molecular flexibility index (Phi) is 5.39. The highest BCUT2D eigenvalue weighted by Gasteiger charge is 1.91. The fourth-order valence-electron chi connectivity index (χ4n) is 0.961. The largest absolute Gasteiger partial charge is 0.760 e. The van der Waals surface area contributed by atoms with Crippen LogP contribution in [0.25, 0.3) is 0 Å². The lowest BCUT2D eigenvalue weighted by Crippen LogP contribution is -2.21. The number of hydrogen-bond acceptors (Lipinski definition) is 3. The Morgan fingerprint density at radius 1 is 1.36 bits per heavy atom. The van der Waals surface area contributed by atoms with Gasteiger partial charge < -0.3 is 9.29 Å². The van der Waals surface area contributed by atoms with Crippen molar-refractivity contribution in [1.82, 2.24) is 4.72 Å². The van der Waals surface area contributed by atoms with Crippen molar-refractivity contribution in [2.24, 2.45) is 0 Å². The standard InChI is InChI=1S/C9H13NO3S/c11-14(12)10-6-7-13-8-9-4-2-1-3-5-9/h1-5,10H,6-8H2,(H,11,12)/p-1. The van der Waals surface area contributed by atoms with Gasteiger partial charge in [-0.1, -0.05) is 30.3 Å². The van der Waals surface area contributed by atoms with Crippen molar-refractivity contribution in [2.45, 2.75) is 6.61 Å². The van der Waals surface area contributed by atoms with Crippen LogP contribution in [0.2, 0.25) is 0 Å². The minimum absolute atomic E-state index is 0.308. The Bertz CT molecular complexity index is 279. The summed E-state index contributed by atoms with van der Waals surface area (Å²) < 4.78 is 27.6. The summed E-state index contributed by atoms with van der Waals surface area (Å²) in [5.41, 5.74) is 1.08. The van der Waals surface area contributed by atoms with E-state index in [4.69, 9.17) is 4.74 Å². The number of ether oxygens (including phenoxy) is 1. The third-order valence-electron chi connectivity index (χ3n) is 1.58. The van der Waals surface area contributed by atoms with Crippen LogP contribution >= 0.6 is 0 Å². The fourth-order valence-corrected chi connectivity index (χ4v) is 1.21. The molecule has 1 aromatic rings. The van der Waals surface area contributed by atoms with E-state index in [-0.39, 0.29) is 0 Å². The molecule has 0 saturated carbocycles. The molecule has 0 aromatic heterocycles. The Morgan fingerprint density at radius 2 is 2.07 bits per heavy atom. The molecule has 0 spiro atoms. The molecule has 0 aliphatic rings. The quantitative estimate of drug-likeness (QED) is 0.557. The van der Waals surface area contributed by atoms with Crippen LogP contribution in [-0.2, 0) is 22.6 Å². The lowest BCUT2D eigenvalue weighted by molar-refractivity contribution is 0.126. The summed E-state index contributed by atoms with van der Waals surface area (Å²) in [5.74, 6) is 0. The molecule has 1 unspecified atom stereocenters. The second kappa shape index (κ2) is 6.67. The van der Waals surface area contributed by atoms with E-state index < -0.39 is 11.3 Å². The van der Waals surface area contributed by atoms with Crippen LogP contribution in [0.4, 0.5) is 0 Å². The van der Waals surface area contributed by atoms with Crippen molar-refractivity contribution >= 4 is 11.3 Å². The Labute approximate surface area is 85.7 Å².